The molecule has 3 aromatic rings. The number of halogens is 1. The zero-order valence-electron chi connectivity index (χ0n) is 14.2. The minimum absolute atomic E-state index is 0.218. The molecule has 0 aliphatic rings. The molecule has 0 saturated carbocycles. The molecule has 1 N–H and O–H groups in total. The zero-order valence-corrected chi connectivity index (χ0v) is 15.0. The second kappa shape index (κ2) is 7.37. The van der Waals surface area contributed by atoms with Crippen LogP contribution in [-0.4, -0.2) is 16.5 Å². The standard InChI is InChI=1S/C12H14ClN3O.C7H4O/c1-12(2,3)16(15-8-14)11(17)9-6-4-5-7-10(9)13;8-7-5-3-1-2-4-6(5)7/h4-7,15H,1-3H3;1-4H. The molecule has 25 heavy (non-hydrogen) atoms. The molecule has 0 bridgehead atoms. The number of nitrogens with zero attached hydrogens (tertiary/aromatic N) is 2. The molecule has 0 atom stereocenters. The smallest absolute Gasteiger partial charge is 0.274 e. The van der Waals surface area contributed by atoms with Crippen molar-refractivity contribution in [1.82, 2.24) is 10.4 Å². The summed E-state index contributed by atoms with van der Waals surface area (Å²) in [5, 5.41) is 12.1. The van der Waals surface area contributed by atoms with Gasteiger partial charge in [0.15, 0.2) is 11.6 Å². The minimum atomic E-state index is -0.522. The van der Waals surface area contributed by atoms with Crippen molar-refractivity contribution in [3.05, 3.63) is 69.3 Å². The topological polar surface area (TPSA) is 73.2 Å². The molecule has 0 saturated heterocycles. The van der Waals surface area contributed by atoms with Crippen molar-refractivity contribution in [2.45, 2.75) is 26.3 Å². The van der Waals surface area contributed by atoms with Crippen LogP contribution in [0.3, 0.4) is 0 Å². The number of benzene rings is 2. The summed E-state index contributed by atoms with van der Waals surface area (Å²) in [4.78, 5) is 22.8. The Morgan fingerprint density at radius 3 is 2.04 bits per heavy atom. The Kier molecular flexibility index (Phi) is 5.45. The highest BCUT2D eigenvalue weighted by atomic mass is 35.5. The van der Waals surface area contributed by atoms with E-state index < -0.39 is 5.54 Å². The summed E-state index contributed by atoms with van der Waals surface area (Å²) in [6.45, 7) is 5.48. The van der Waals surface area contributed by atoms with Crippen molar-refractivity contribution < 1.29 is 4.79 Å². The van der Waals surface area contributed by atoms with E-state index in [1.165, 1.54) is 5.01 Å². The van der Waals surface area contributed by atoms with Crippen LogP contribution in [0.15, 0.2) is 53.3 Å². The number of amides is 1. The zero-order chi connectivity index (χ0) is 18.6. The first kappa shape index (κ1) is 18.5. The van der Waals surface area contributed by atoms with Crippen LogP contribution in [-0.2, 0) is 0 Å². The van der Waals surface area contributed by atoms with E-state index in [0.717, 1.165) is 10.8 Å². The molecule has 0 heterocycles. The second-order valence-electron chi connectivity index (χ2n) is 6.39. The molecule has 0 spiro atoms. The van der Waals surface area contributed by atoms with Crippen LogP contribution < -0.4 is 10.9 Å². The monoisotopic (exact) mass is 355 g/mol. The molecule has 0 fully saturated rings. The molecule has 3 rings (SSSR count). The van der Waals surface area contributed by atoms with Crippen LogP contribution in [0.2, 0.25) is 5.02 Å². The van der Waals surface area contributed by atoms with Gasteiger partial charge >= 0.3 is 0 Å². The lowest BCUT2D eigenvalue weighted by molar-refractivity contribution is 0.0481. The van der Waals surface area contributed by atoms with Crippen LogP contribution in [0.25, 0.3) is 10.8 Å². The molecule has 3 aromatic carbocycles. The summed E-state index contributed by atoms with van der Waals surface area (Å²) in [7, 11) is 0. The van der Waals surface area contributed by atoms with E-state index >= 15 is 0 Å². The van der Waals surface area contributed by atoms with E-state index in [1.807, 2.05) is 45.0 Å². The van der Waals surface area contributed by atoms with Gasteiger partial charge in [0.1, 0.15) is 0 Å². The first-order valence-corrected chi connectivity index (χ1v) is 8.02. The van der Waals surface area contributed by atoms with Crippen molar-refractivity contribution >= 4 is 28.3 Å². The molecule has 0 unspecified atom stereocenters. The number of fused-ring (bicyclic) bond motifs is 1. The Balaban J connectivity index is 0.000000230. The molecular weight excluding hydrogens is 338 g/mol. The predicted molar refractivity (Wildman–Crippen MR) is 98.7 cm³/mol. The summed E-state index contributed by atoms with van der Waals surface area (Å²) in [6.07, 6.45) is 1.76. The third-order valence-corrected chi connectivity index (χ3v) is 3.82. The Bertz CT molecular complexity index is 913. The number of nitrogens with one attached hydrogen (secondary N) is 1. The summed E-state index contributed by atoms with van der Waals surface area (Å²) in [6, 6.07) is 14.2. The number of hydrogen-bond donors (Lipinski definition) is 1. The molecule has 1 amide bonds. The lowest BCUT2D eigenvalue weighted by atomic mass is 10.1. The van der Waals surface area contributed by atoms with Gasteiger partial charge in [0.2, 0.25) is 0 Å². The SMILES string of the molecule is CC(C)(C)N(NC#N)C(=O)c1ccccc1Cl.O=c1c2ccccc12. The summed E-state index contributed by atoms with van der Waals surface area (Å²) >= 11 is 5.96. The highest BCUT2D eigenvalue weighted by Crippen LogP contribution is 2.20. The van der Waals surface area contributed by atoms with Crippen molar-refractivity contribution in [1.29, 1.82) is 5.26 Å². The quantitative estimate of drug-likeness (QED) is 0.432. The number of carbonyl (C=O) groups is 1. The summed E-state index contributed by atoms with van der Waals surface area (Å²) in [5.74, 6) is -0.329. The van der Waals surface area contributed by atoms with Gasteiger partial charge in [-0.25, -0.2) is 10.4 Å². The van der Waals surface area contributed by atoms with Gasteiger partial charge in [-0.1, -0.05) is 48.0 Å². The molecule has 128 valence electrons. The van der Waals surface area contributed by atoms with Crippen LogP contribution >= 0.6 is 11.6 Å². The van der Waals surface area contributed by atoms with E-state index in [9.17, 15) is 9.59 Å². The van der Waals surface area contributed by atoms with E-state index in [1.54, 1.807) is 30.5 Å². The molecule has 0 radical (unpaired) electrons. The largest absolute Gasteiger partial charge is 0.289 e. The molecule has 5 nitrogen and oxygen atoms in total. The minimum Gasteiger partial charge on any atom is -0.289 e. The van der Waals surface area contributed by atoms with Gasteiger partial charge in [0.25, 0.3) is 5.91 Å². The molecular formula is C19H18ClN3O2. The average Bonchev–Trinajstić information content (AvgIpc) is 3.23. The second-order valence-corrected chi connectivity index (χ2v) is 6.80. The predicted octanol–water partition coefficient (Wildman–Crippen LogP) is 3.64. The summed E-state index contributed by atoms with van der Waals surface area (Å²) < 4.78 is 0. The fraction of sp³-hybridized carbons (Fsp3) is 0.211. The Labute approximate surface area is 151 Å². The third kappa shape index (κ3) is 4.37. The van der Waals surface area contributed by atoms with Gasteiger partial charge in [0, 0.05) is 10.8 Å². The fourth-order valence-electron chi connectivity index (χ4n) is 2.16. The van der Waals surface area contributed by atoms with Crippen molar-refractivity contribution in [2.24, 2.45) is 0 Å². The highest BCUT2D eigenvalue weighted by molar-refractivity contribution is 6.33. The van der Waals surface area contributed by atoms with E-state index in [0.29, 0.717) is 10.6 Å². The lowest BCUT2D eigenvalue weighted by Crippen LogP contribution is -2.52. The van der Waals surface area contributed by atoms with Crippen LogP contribution in [0.1, 0.15) is 31.1 Å². The first-order chi connectivity index (χ1) is 11.8. The van der Waals surface area contributed by atoms with Gasteiger partial charge in [-0.3, -0.25) is 9.59 Å². The average molecular weight is 356 g/mol. The molecule has 0 aliphatic heterocycles. The maximum Gasteiger partial charge on any atom is 0.274 e. The lowest BCUT2D eigenvalue weighted by Gasteiger charge is -2.33. The van der Waals surface area contributed by atoms with Gasteiger partial charge in [-0.05, 0) is 32.9 Å². The van der Waals surface area contributed by atoms with Crippen LogP contribution in [0.4, 0.5) is 0 Å². The van der Waals surface area contributed by atoms with E-state index in [2.05, 4.69) is 5.43 Å². The number of rotatable bonds is 2. The van der Waals surface area contributed by atoms with Crippen molar-refractivity contribution in [3.8, 4) is 6.19 Å². The Hall–Kier alpha value is -2.84. The number of carbonyl (C=O) groups excluding carboxylic acids is 1. The Morgan fingerprint density at radius 2 is 1.60 bits per heavy atom. The third-order valence-electron chi connectivity index (χ3n) is 3.49. The van der Waals surface area contributed by atoms with Crippen LogP contribution in [0, 0.1) is 11.5 Å². The van der Waals surface area contributed by atoms with Crippen LogP contribution in [0.5, 0.6) is 0 Å². The Morgan fingerprint density at radius 1 is 1.08 bits per heavy atom. The highest BCUT2D eigenvalue weighted by Gasteiger charge is 2.28. The maximum atomic E-state index is 12.2. The van der Waals surface area contributed by atoms with E-state index in [-0.39, 0.29) is 11.3 Å². The van der Waals surface area contributed by atoms with E-state index in [4.69, 9.17) is 16.9 Å². The molecule has 0 aromatic heterocycles. The normalized spacial score (nSPS) is 10.7. The molecule has 0 aliphatic carbocycles. The number of hydrogen-bond acceptors (Lipinski definition) is 4. The molecule has 6 heteroatoms. The van der Waals surface area contributed by atoms with Gasteiger partial charge in [-0.2, -0.15) is 5.26 Å². The van der Waals surface area contributed by atoms with Crippen molar-refractivity contribution in [2.75, 3.05) is 0 Å². The number of hydrazine groups is 1. The number of nitriles is 1. The first-order valence-electron chi connectivity index (χ1n) is 7.65. The maximum absolute atomic E-state index is 12.2. The van der Waals surface area contributed by atoms with Crippen molar-refractivity contribution in [3.63, 3.8) is 0 Å². The van der Waals surface area contributed by atoms with Gasteiger partial charge in [0.05, 0.1) is 16.1 Å². The fourth-order valence-corrected chi connectivity index (χ4v) is 2.38. The van der Waals surface area contributed by atoms with Gasteiger partial charge in [-0.15, -0.1) is 0 Å². The summed E-state index contributed by atoms with van der Waals surface area (Å²) in [5.41, 5.74) is 2.44. The van der Waals surface area contributed by atoms with Gasteiger partial charge < -0.3 is 0 Å².